The second-order valence-corrected chi connectivity index (χ2v) is 7.17. The lowest BCUT2D eigenvalue weighted by atomic mass is 9.98. The molecule has 1 atom stereocenters. The fraction of sp³-hybridized carbons (Fsp3) is 0.647. The molecule has 0 spiro atoms. The number of aromatic nitrogens is 1. The van der Waals surface area contributed by atoms with Gasteiger partial charge >= 0.3 is 0 Å². The molecule has 0 unspecified atom stereocenters. The molecule has 2 aliphatic heterocycles. The van der Waals surface area contributed by atoms with Gasteiger partial charge < -0.3 is 4.90 Å². The molecule has 0 N–H and O–H groups in total. The highest BCUT2D eigenvalue weighted by Gasteiger charge is 2.31. The van der Waals surface area contributed by atoms with E-state index in [-0.39, 0.29) is 11.8 Å². The van der Waals surface area contributed by atoms with Gasteiger partial charge in [0.25, 0.3) is 5.91 Å². The molecule has 1 aromatic heterocycles. The van der Waals surface area contributed by atoms with E-state index in [4.69, 9.17) is 4.98 Å². The third kappa shape index (κ3) is 3.50. The van der Waals surface area contributed by atoms with Crippen LogP contribution in [-0.2, 0) is 16.0 Å². The molecule has 130 valence electrons. The van der Waals surface area contributed by atoms with Gasteiger partial charge in [0.15, 0.2) is 0 Å². The zero-order valence-electron chi connectivity index (χ0n) is 14.3. The van der Waals surface area contributed by atoms with Crippen molar-refractivity contribution >= 4 is 28.9 Å². The van der Waals surface area contributed by atoms with E-state index in [1.54, 1.807) is 11.3 Å². The molecule has 24 heavy (non-hydrogen) atoms. The minimum atomic E-state index is -0.0158. The summed E-state index contributed by atoms with van der Waals surface area (Å²) in [4.78, 5) is 31.1. The van der Waals surface area contributed by atoms with Crippen LogP contribution < -0.4 is 0 Å². The highest BCUT2D eigenvalue weighted by Crippen LogP contribution is 2.29. The van der Waals surface area contributed by atoms with Crippen molar-refractivity contribution in [3.63, 3.8) is 0 Å². The van der Waals surface area contributed by atoms with Crippen molar-refractivity contribution in [3.8, 4) is 0 Å². The van der Waals surface area contributed by atoms with Gasteiger partial charge in [0.05, 0.1) is 10.7 Å². The Balaban J connectivity index is 1.70. The van der Waals surface area contributed by atoms with Crippen LogP contribution in [0.5, 0.6) is 0 Å². The maximum absolute atomic E-state index is 12.8. The monoisotopic (exact) mass is 348 g/mol. The first-order valence-electron chi connectivity index (χ1n) is 8.73. The van der Waals surface area contributed by atoms with Crippen molar-refractivity contribution in [2.24, 2.45) is 5.10 Å². The summed E-state index contributed by atoms with van der Waals surface area (Å²) < 4.78 is 0. The molecule has 2 amide bonds. The van der Waals surface area contributed by atoms with Crippen LogP contribution in [0.2, 0.25) is 0 Å². The molecule has 1 aromatic rings. The molecular formula is C17H24N4O2S. The topological polar surface area (TPSA) is 65.9 Å². The Morgan fingerprint density at radius 3 is 2.92 bits per heavy atom. The first-order valence-corrected chi connectivity index (χ1v) is 9.61. The first-order chi connectivity index (χ1) is 11.6. The van der Waals surface area contributed by atoms with E-state index < -0.39 is 0 Å². The summed E-state index contributed by atoms with van der Waals surface area (Å²) >= 11 is 1.70. The lowest BCUT2D eigenvalue weighted by molar-refractivity contribution is -0.132. The molecule has 7 heteroatoms. The summed E-state index contributed by atoms with van der Waals surface area (Å²) in [7, 11) is 0. The Bertz CT molecular complexity index is 655. The summed E-state index contributed by atoms with van der Waals surface area (Å²) in [6, 6.07) is 0. The summed E-state index contributed by atoms with van der Waals surface area (Å²) in [6.07, 6.45) is 3.84. The number of hydrogen-bond donors (Lipinski definition) is 0. The van der Waals surface area contributed by atoms with E-state index in [0.717, 1.165) is 36.5 Å². The zero-order valence-corrected chi connectivity index (χ0v) is 15.1. The van der Waals surface area contributed by atoms with Crippen LogP contribution in [-0.4, -0.2) is 52.1 Å². The average Bonchev–Trinajstić information content (AvgIpc) is 3.11. The third-order valence-corrected chi connectivity index (χ3v) is 5.70. The quantitative estimate of drug-likeness (QED) is 0.839. The summed E-state index contributed by atoms with van der Waals surface area (Å²) in [5.74, 6) is 0.305. The molecule has 3 heterocycles. The predicted molar refractivity (Wildman–Crippen MR) is 94.1 cm³/mol. The van der Waals surface area contributed by atoms with E-state index in [9.17, 15) is 9.59 Å². The molecule has 1 fully saturated rings. The SMILES string of the molecule is CCc1csc([C@@H]2CCCN(C(=O)C3=NN(CC)C(=O)CC3)C2)n1. The minimum Gasteiger partial charge on any atom is -0.337 e. The van der Waals surface area contributed by atoms with Crippen molar-refractivity contribution in [3.05, 3.63) is 16.1 Å². The number of thiazole rings is 1. The Hall–Kier alpha value is -1.76. The van der Waals surface area contributed by atoms with Crippen molar-refractivity contribution in [2.75, 3.05) is 19.6 Å². The first kappa shape index (κ1) is 17.1. The van der Waals surface area contributed by atoms with Crippen LogP contribution >= 0.6 is 11.3 Å². The van der Waals surface area contributed by atoms with Crippen LogP contribution in [0.25, 0.3) is 0 Å². The number of aryl methyl sites for hydroxylation is 1. The normalized spacial score (nSPS) is 21.8. The molecule has 1 saturated heterocycles. The lowest BCUT2D eigenvalue weighted by Crippen LogP contribution is -2.45. The van der Waals surface area contributed by atoms with Gasteiger partial charge in [-0.15, -0.1) is 11.3 Å². The van der Waals surface area contributed by atoms with Crippen LogP contribution in [0.3, 0.4) is 0 Å². The fourth-order valence-electron chi connectivity index (χ4n) is 3.22. The molecule has 0 aliphatic carbocycles. The minimum absolute atomic E-state index is 0.000418. The van der Waals surface area contributed by atoms with Crippen molar-refractivity contribution < 1.29 is 9.59 Å². The summed E-state index contributed by atoms with van der Waals surface area (Å²) in [5.41, 5.74) is 1.65. The van der Waals surface area contributed by atoms with Gasteiger partial charge in [0.2, 0.25) is 5.91 Å². The summed E-state index contributed by atoms with van der Waals surface area (Å²) in [6.45, 7) is 5.96. The molecule has 3 rings (SSSR count). The van der Waals surface area contributed by atoms with E-state index in [1.807, 2.05) is 11.8 Å². The highest BCUT2D eigenvalue weighted by atomic mass is 32.1. The van der Waals surface area contributed by atoms with Crippen molar-refractivity contribution in [1.82, 2.24) is 14.9 Å². The maximum Gasteiger partial charge on any atom is 0.270 e. The van der Waals surface area contributed by atoms with Crippen LogP contribution in [0.4, 0.5) is 0 Å². The number of piperidine rings is 1. The number of amides is 2. The number of rotatable bonds is 4. The Kier molecular flexibility index (Phi) is 5.28. The Morgan fingerprint density at radius 2 is 2.21 bits per heavy atom. The van der Waals surface area contributed by atoms with Gasteiger partial charge in [0.1, 0.15) is 5.71 Å². The standard InChI is InChI=1S/C17H24N4O2S/c1-3-13-11-24-16(18-13)12-6-5-9-20(10-12)17(23)14-7-8-15(22)21(4-2)19-14/h11-12H,3-10H2,1-2H3/t12-/m1/s1. The highest BCUT2D eigenvalue weighted by molar-refractivity contribution is 7.09. The number of nitrogens with zero attached hydrogens (tertiary/aromatic N) is 4. The van der Waals surface area contributed by atoms with Gasteiger partial charge in [0, 0.05) is 43.8 Å². The number of hydrogen-bond acceptors (Lipinski definition) is 5. The molecule has 0 saturated carbocycles. The van der Waals surface area contributed by atoms with E-state index in [0.29, 0.717) is 37.6 Å². The number of hydrazone groups is 1. The van der Waals surface area contributed by atoms with Gasteiger partial charge in [-0.1, -0.05) is 6.92 Å². The van der Waals surface area contributed by atoms with Gasteiger partial charge in [-0.05, 0) is 26.2 Å². The fourth-order valence-corrected chi connectivity index (χ4v) is 4.25. The molecule has 2 aliphatic rings. The second-order valence-electron chi connectivity index (χ2n) is 6.28. The van der Waals surface area contributed by atoms with Crippen LogP contribution in [0.15, 0.2) is 10.5 Å². The van der Waals surface area contributed by atoms with Crippen LogP contribution in [0.1, 0.15) is 56.2 Å². The number of carbonyl (C=O) groups is 2. The van der Waals surface area contributed by atoms with Crippen molar-refractivity contribution in [1.29, 1.82) is 0 Å². The lowest BCUT2D eigenvalue weighted by Gasteiger charge is -2.33. The zero-order chi connectivity index (χ0) is 17.1. The van der Waals surface area contributed by atoms with E-state index in [1.165, 1.54) is 5.01 Å². The second kappa shape index (κ2) is 7.42. The van der Waals surface area contributed by atoms with Crippen LogP contribution in [0, 0.1) is 0 Å². The smallest absolute Gasteiger partial charge is 0.270 e. The molecular weight excluding hydrogens is 324 g/mol. The number of carbonyl (C=O) groups excluding carboxylic acids is 2. The largest absolute Gasteiger partial charge is 0.337 e. The van der Waals surface area contributed by atoms with Gasteiger partial charge in [-0.3, -0.25) is 9.59 Å². The maximum atomic E-state index is 12.8. The van der Waals surface area contributed by atoms with E-state index in [2.05, 4.69) is 17.4 Å². The Morgan fingerprint density at radius 1 is 1.38 bits per heavy atom. The molecule has 0 radical (unpaired) electrons. The molecule has 6 nitrogen and oxygen atoms in total. The third-order valence-electron chi connectivity index (χ3n) is 4.64. The Labute approximate surface area is 146 Å². The van der Waals surface area contributed by atoms with Gasteiger partial charge in [-0.2, -0.15) is 5.10 Å². The average molecular weight is 348 g/mol. The summed E-state index contributed by atoms with van der Waals surface area (Å²) in [5, 5.41) is 8.93. The number of likely N-dealkylation sites (tertiary alicyclic amines) is 1. The molecule has 0 bridgehead atoms. The van der Waals surface area contributed by atoms with E-state index >= 15 is 0 Å². The predicted octanol–water partition coefficient (Wildman–Crippen LogP) is 2.41. The molecule has 0 aromatic carbocycles. The van der Waals surface area contributed by atoms with Gasteiger partial charge in [-0.25, -0.2) is 9.99 Å². The van der Waals surface area contributed by atoms with Crippen molar-refractivity contribution in [2.45, 2.75) is 51.9 Å².